The monoisotopic (exact) mass is 336 g/mol. The fourth-order valence-corrected chi connectivity index (χ4v) is 3.54. The minimum absolute atomic E-state index is 0.0144. The number of nitrogens with zero attached hydrogens (tertiary/aromatic N) is 2. The summed E-state index contributed by atoms with van der Waals surface area (Å²) in [5.41, 5.74) is 3.12. The van der Waals surface area contributed by atoms with Gasteiger partial charge in [0.05, 0.1) is 17.5 Å². The van der Waals surface area contributed by atoms with Crippen LogP contribution in [0.1, 0.15) is 5.56 Å². The van der Waals surface area contributed by atoms with Crippen molar-refractivity contribution in [2.24, 2.45) is 0 Å². The molecule has 3 heterocycles. The number of para-hydroxylation sites is 1. The van der Waals surface area contributed by atoms with Gasteiger partial charge in [0.25, 0.3) is 0 Å². The van der Waals surface area contributed by atoms with E-state index in [1.165, 1.54) is 0 Å². The third-order valence-corrected chi connectivity index (χ3v) is 4.95. The van der Waals surface area contributed by atoms with Crippen molar-refractivity contribution >= 4 is 34.1 Å². The Hall–Kier alpha value is -2.73. The maximum atomic E-state index is 12.1. The van der Waals surface area contributed by atoms with Crippen molar-refractivity contribution in [3.05, 3.63) is 66.6 Å². The van der Waals surface area contributed by atoms with Crippen LogP contribution in [0.2, 0.25) is 0 Å². The summed E-state index contributed by atoms with van der Waals surface area (Å²) in [6, 6.07) is 14.0. The number of hydrogen-bond acceptors (Lipinski definition) is 3. The first-order valence-corrected chi connectivity index (χ1v) is 8.67. The van der Waals surface area contributed by atoms with E-state index in [2.05, 4.69) is 21.5 Å². The van der Waals surface area contributed by atoms with Gasteiger partial charge in [-0.1, -0.05) is 24.3 Å². The van der Waals surface area contributed by atoms with Crippen LogP contribution in [0, 0.1) is 0 Å². The summed E-state index contributed by atoms with van der Waals surface area (Å²) in [7, 11) is 0. The van der Waals surface area contributed by atoms with E-state index >= 15 is 0 Å². The van der Waals surface area contributed by atoms with Crippen molar-refractivity contribution in [2.45, 2.75) is 11.4 Å². The number of benzene rings is 1. The Bertz CT molecular complexity index is 924. The van der Waals surface area contributed by atoms with Gasteiger partial charge < -0.3 is 10.3 Å². The third-order valence-electron chi connectivity index (χ3n) is 3.89. The van der Waals surface area contributed by atoms with Gasteiger partial charge in [-0.05, 0) is 18.2 Å². The van der Waals surface area contributed by atoms with E-state index in [-0.39, 0.29) is 5.91 Å². The number of nitrogens with one attached hydrogen (secondary N) is 2. The zero-order valence-corrected chi connectivity index (χ0v) is 13.7. The van der Waals surface area contributed by atoms with Gasteiger partial charge in [0.1, 0.15) is 0 Å². The summed E-state index contributed by atoms with van der Waals surface area (Å²) in [6.45, 7) is 0.487. The van der Waals surface area contributed by atoms with Crippen LogP contribution in [0.3, 0.4) is 0 Å². The van der Waals surface area contributed by atoms with Crippen LogP contribution in [0.15, 0.2) is 66.0 Å². The van der Waals surface area contributed by atoms with Crippen molar-refractivity contribution in [2.75, 3.05) is 5.75 Å². The number of H-pyrrole nitrogens is 1. The zero-order valence-electron chi connectivity index (χ0n) is 12.9. The second-order valence-corrected chi connectivity index (χ2v) is 6.48. The number of carbonyl (C=O) groups is 1. The van der Waals surface area contributed by atoms with Crippen molar-refractivity contribution in [1.82, 2.24) is 19.9 Å². The molecule has 4 aromatic rings. The lowest BCUT2D eigenvalue weighted by Gasteiger charge is -2.04. The molecule has 2 N–H and O–H groups in total. The van der Waals surface area contributed by atoms with Gasteiger partial charge >= 0.3 is 0 Å². The Labute approximate surface area is 143 Å². The Morgan fingerprint density at radius 3 is 3.04 bits per heavy atom. The molecule has 24 heavy (non-hydrogen) atoms. The summed E-state index contributed by atoms with van der Waals surface area (Å²) in [5, 5.41) is 8.39. The number of thioether (sulfide) groups is 1. The molecule has 4 rings (SSSR count). The van der Waals surface area contributed by atoms with Crippen LogP contribution >= 0.6 is 11.8 Å². The number of aromatic nitrogens is 3. The van der Waals surface area contributed by atoms with Gasteiger partial charge in [-0.3, -0.25) is 4.79 Å². The lowest BCUT2D eigenvalue weighted by Crippen LogP contribution is -2.24. The number of fused-ring (bicyclic) bond motifs is 2. The number of carbonyl (C=O) groups excluding carboxylic acids is 1. The molecule has 5 nitrogen and oxygen atoms in total. The Kier molecular flexibility index (Phi) is 3.96. The van der Waals surface area contributed by atoms with Crippen LogP contribution in [-0.2, 0) is 11.3 Å². The average molecular weight is 336 g/mol. The number of hydrogen-bond donors (Lipinski definition) is 2. The summed E-state index contributed by atoms with van der Waals surface area (Å²) < 4.78 is 1.81. The van der Waals surface area contributed by atoms with Gasteiger partial charge in [-0.25, -0.2) is 4.52 Å². The standard InChI is InChI=1S/C18H16N4OS/c23-18(12-24-17-11-19-15-6-2-1-5-14(15)17)20-9-13-10-21-22-8-4-3-7-16(13)22/h1-8,10-11,19H,9,12H2,(H,20,23). The molecule has 0 aliphatic carbocycles. The zero-order chi connectivity index (χ0) is 16.4. The second-order valence-electron chi connectivity index (χ2n) is 5.46. The summed E-state index contributed by atoms with van der Waals surface area (Å²) in [5.74, 6) is 0.404. The van der Waals surface area contributed by atoms with Gasteiger partial charge in [0.2, 0.25) is 5.91 Å². The predicted octanol–water partition coefficient (Wildman–Crippen LogP) is 3.22. The van der Waals surface area contributed by atoms with Crippen LogP contribution in [0.5, 0.6) is 0 Å². The first kappa shape index (κ1) is 14.8. The van der Waals surface area contributed by atoms with E-state index in [4.69, 9.17) is 0 Å². The molecule has 0 aliphatic rings. The molecule has 1 aromatic carbocycles. The quantitative estimate of drug-likeness (QED) is 0.550. The smallest absolute Gasteiger partial charge is 0.230 e. The Morgan fingerprint density at radius 2 is 2.08 bits per heavy atom. The number of rotatable bonds is 5. The van der Waals surface area contributed by atoms with Gasteiger partial charge in [0.15, 0.2) is 0 Å². The lowest BCUT2D eigenvalue weighted by atomic mass is 10.2. The van der Waals surface area contributed by atoms with E-state index in [0.717, 1.165) is 26.9 Å². The molecule has 120 valence electrons. The SMILES string of the molecule is O=C(CSc1c[nH]c2ccccc12)NCc1cnn2ccccc12. The average Bonchev–Trinajstić information content (AvgIpc) is 3.22. The van der Waals surface area contributed by atoms with Crippen molar-refractivity contribution in [3.63, 3.8) is 0 Å². The van der Waals surface area contributed by atoms with Crippen LogP contribution in [0.25, 0.3) is 16.4 Å². The van der Waals surface area contributed by atoms with Crippen LogP contribution < -0.4 is 5.32 Å². The highest BCUT2D eigenvalue weighted by atomic mass is 32.2. The van der Waals surface area contributed by atoms with Crippen molar-refractivity contribution in [1.29, 1.82) is 0 Å². The minimum atomic E-state index is 0.0144. The van der Waals surface area contributed by atoms with Crippen LogP contribution in [-0.4, -0.2) is 26.3 Å². The molecule has 0 atom stereocenters. The van der Waals surface area contributed by atoms with E-state index < -0.39 is 0 Å². The molecule has 0 bridgehead atoms. The van der Waals surface area contributed by atoms with E-state index in [9.17, 15) is 4.79 Å². The first-order chi connectivity index (χ1) is 11.8. The Morgan fingerprint density at radius 1 is 1.21 bits per heavy atom. The minimum Gasteiger partial charge on any atom is -0.360 e. The van der Waals surface area contributed by atoms with Crippen molar-refractivity contribution < 1.29 is 4.79 Å². The predicted molar refractivity (Wildman–Crippen MR) is 96.1 cm³/mol. The fraction of sp³-hybridized carbons (Fsp3) is 0.111. The first-order valence-electron chi connectivity index (χ1n) is 7.68. The molecule has 6 heteroatoms. The summed E-state index contributed by atoms with van der Waals surface area (Å²) in [6.07, 6.45) is 5.64. The molecule has 0 unspecified atom stereocenters. The molecule has 0 spiro atoms. The van der Waals surface area contributed by atoms with E-state index in [1.807, 2.05) is 53.3 Å². The molecule has 0 radical (unpaired) electrons. The largest absolute Gasteiger partial charge is 0.360 e. The maximum Gasteiger partial charge on any atom is 0.230 e. The molecule has 0 saturated carbocycles. The number of amides is 1. The normalized spacial score (nSPS) is 11.2. The van der Waals surface area contributed by atoms with Gasteiger partial charge in [-0.15, -0.1) is 11.8 Å². The van der Waals surface area contributed by atoms with Crippen molar-refractivity contribution in [3.8, 4) is 0 Å². The number of pyridine rings is 1. The Balaban J connectivity index is 1.37. The van der Waals surface area contributed by atoms with E-state index in [1.54, 1.807) is 18.0 Å². The fourth-order valence-electron chi connectivity index (χ4n) is 2.68. The maximum absolute atomic E-state index is 12.1. The van der Waals surface area contributed by atoms with Gasteiger partial charge in [-0.2, -0.15) is 5.10 Å². The van der Waals surface area contributed by atoms with Gasteiger partial charge in [0, 0.05) is 40.3 Å². The molecule has 0 aliphatic heterocycles. The number of aromatic amines is 1. The summed E-state index contributed by atoms with van der Waals surface area (Å²) >= 11 is 1.54. The molecule has 1 amide bonds. The molecule has 0 saturated heterocycles. The van der Waals surface area contributed by atoms with E-state index in [0.29, 0.717) is 12.3 Å². The third kappa shape index (κ3) is 2.88. The molecule has 3 aromatic heterocycles. The van der Waals surface area contributed by atoms with Crippen LogP contribution in [0.4, 0.5) is 0 Å². The topological polar surface area (TPSA) is 62.2 Å². The highest BCUT2D eigenvalue weighted by Crippen LogP contribution is 2.27. The molecular formula is C18H16N4OS. The highest BCUT2D eigenvalue weighted by Gasteiger charge is 2.09. The second kappa shape index (κ2) is 6.41. The molecule has 0 fully saturated rings. The highest BCUT2D eigenvalue weighted by molar-refractivity contribution is 8.00. The summed E-state index contributed by atoms with van der Waals surface area (Å²) in [4.78, 5) is 16.5. The lowest BCUT2D eigenvalue weighted by molar-refractivity contribution is -0.118. The molecular weight excluding hydrogens is 320 g/mol.